The minimum absolute atomic E-state index is 0.0227. The number of alkyl halides is 3. The largest absolute Gasteiger partial charge is 0.573 e. The van der Waals surface area contributed by atoms with Crippen LogP contribution in [0.1, 0.15) is 31.6 Å². The van der Waals surface area contributed by atoms with Gasteiger partial charge in [0.1, 0.15) is 0 Å². The molecule has 9 heteroatoms. The fourth-order valence-corrected chi connectivity index (χ4v) is 4.68. The molecule has 1 aromatic heterocycles. The lowest BCUT2D eigenvalue weighted by molar-refractivity contribution is -0.275. The highest BCUT2D eigenvalue weighted by atomic mass is 32.1. The molecule has 1 aliphatic heterocycles. The number of likely N-dealkylation sites (tertiary alicyclic amines) is 1. The zero-order valence-electron chi connectivity index (χ0n) is 17.0. The Hall–Kier alpha value is -2.00. The second kappa shape index (κ2) is 8.39. The normalized spacial score (nSPS) is 17.2. The van der Waals surface area contributed by atoms with Crippen LogP contribution in [-0.4, -0.2) is 43.5 Å². The van der Waals surface area contributed by atoms with E-state index >= 15 is 0 Å². The molecule has 1 aliphatic rings. The van der Waals surface area contributed by atoms with Crippen molar-refractivity contribution in [3.63, 3.8) is 0 Å². The van der Waals surface area contributed by atoms with Gasteiger partial charge in [-0.15, -0.1) is 24.5 Å². The molecular weight excluding hydrogens is 403 g/mol. The molecule has 29 heavy (non-hydrogen) atoms. The van der Waals surface area contributed by atoms with Crippen molar-refractivity contribution in [2.45, 2.75) is 39.6 Å². The molecule has 3 rings (SSSR count). The molecule has 0 atom stereocenters. The zero-order valence-corrected chi connectivity index (χ0v) is 17.8. The van der Waals surface area contributed by atoms with Gasteiger partial charge in [0.05, 0.1) is 12.8 Å². The van der Waals surface area contributed by atoms with Gasteiger partial charge in [-0.3, -0.25) is 4.90 Å². The predicted octanol–water partition coefficient (Wildman–Crippen LogP) is 5.38. The number of halogens is 3. The molecule has 0 saturated carbocycles. The van der Waals surface area contributed by atoms with Gasteiger partial charge >= 0.3 is 6.36 Å². The van der Waals surface area contributed by atoms with Crippen LogP contribution in [0.4, 0.5) is 18.3 Å². The van der Waals surface area contributed by atoms with E-state index in [-0.39, 0.29) is 16.9 Å². The number of hydrogen-bond acceptors (Lipinski definition) is 6. The summed E-state index contributed by atoms with van der Waals surface area (Å²) in [5, 5.41) is 3.76. The second-order valence-electron chi connectivity index (χ2n) is 7.93. The van der Waals surface area contributed by atoms with Gasteiger partial charge in [0.2, 0.25) is 0 Å². The van der Waals surface area contributed by atoms with Crippen molar-refractivity contribution in [2.24, 2.45) is 5.41 Å². The highest BCUT2D eigenvalue weighted by Crippen LogP contribution is 2.39. The van der Waals surface area contributed by atoms with Crippen molar-refractivity contribution >= 4 is 16.5 Å². The van der Waals surface area contributed by atoms with E-state index in [4.69, 9.17) is 4.74 Å². The lowest BCUT2D eigenvalue weighted by atomic mass is 9.84. The minimum atomic E-state index is -4.80. The topological polar surface area (TPSA) is 46.6 Å². The van der Waals surface area contributed by atoms with Crippen molar-refractivity contribution < 1.29 is 22.6 Å². The van der Waals surface area contributed by atoms with E-state index in [9.17, 15) is 13.2 Å². The van der Waals surface area contributed by atoms with Gasteiger partial charge in [-0.2, -0.15) is 0 Å². The molecule has 0 amide bonds. The Kier molecular flexibility index (Phi) is 6.28. The zero-order chi connectivity index (χ0) is 21.2. The van der Waals surface area contributed by atoms with Crippen LogP contribution in [-0.2, 0) is 6.54 Å². The summed E-state index contributed by atoms with van der Waals surface area (Å²) in [5.74, 6) is -0.351. The summed E-state index contributed by atoms with van der Waals surface area (Å²) in [5.41, 5.74) is 1.48. The number of nitrogens with one attached hydrogen (secondary N) is 1. The second-order valence-corrected chi connectivity index (χ2v) is 9.02. The molecule has 0 radical (unpaired) electrons. The number of aromatic nitrogens is 1. The van der Waals surface area contributed by atoms with Crippen molar-refractivity contribution in [3.8, 4) is 22.8 Å². The minimum Gasteiger partial charge on any atom is -0.493 e. The maximum atomic E-state index is 12.8. The van der Waals surface area contributed by atoms with Crippen molar-refractivity contribution in [2.75, 3.05) is 32.6 Å². The molecule has 0 unspecified atom stereocenters. The van der Waals surface area contributed by atoms with Gasteiger partial charge in [-0.25, -0.2) is 4.98 Å². The lowest BCUT2D eigenvalue weighted by Gasteiger charge is -2.37. The smallest absolute Gasteiger partial charge is 0.493 e. The van der Waals surface area contributed by atoms with Gasteiger partial charge in [-0.05, 0) is 43.0 Å². The monoisotopic (exact) mass is 429 g/mol. The number of ether oxygens (including phenoxy) is 2. The number of anilines is 1. The van der Waals surface area contributed by atoms with Crippen LogP contribution in [0.2, 0.25) is 0 Å². The predicted molar refractivity (Wildman–Crippen MR) is 109 cm³/mol. The molecule has 5 nitrogen and oxygen atoms in total. The van der Waals surface area contributed by atoms with Gasteiger partial charge in [0.15, 0.2) is 16.6 Å². The molecule has 0 bridgehead atoms. The van der Waals surface area contributed by atoms with E-state index in [0.717, 1.165) is 29.5 Å². The number of rotatable bonds is 6. The first kappa shape index (κ1) is 21.7. The Balaban J connectivity index is 1.94. The van der Waals surface area contributed by atoms with Crippen LogP contribution in [0.5, 0.6) is 11.5 Å². The van der Waals surface area contributed by atoms with Crippen LogP contribution in [0.15, 0.2) is 18.2 Å². The first-order valence-electron chi connectivity index (χ1n) is 9.44. The molecule has 1 saturated heterocycles. The van der Waals surface area contributed by atoms with Crippen molar-refractivity contribution in [1.29, 1.82) is 0 Å². The standard InChI is InChI=1S/C20H26F3N3O2S/c1-19(2)8-5-9-26(12-19)11-16-17(25-18(24-3)29-16)13-6-7-14(27-4)15(10-13)28-20(21,22)23/h6-7,10H,5,8-9,11-12H2,1-4H3,(H,24,25). The van der Waals surface area contributed by atoms with E-state index in [0.29, 0.717) is 17.8 Å². The van der Waals surface area contributed by atoms with Crippen LogP contribution in [0.3, 0.4) is 0 Å². The number of hydrogen-bond donors (Lipinski definition) is 1. The summed E-state index contributed by atoms with van der Waals surface area (Å²) in [6.45, 7) is 7.20. The SMILES string of the molecule is CNc1nc(-c2ccc(OC)c(OC(F)(F)F)c2)c(CN2CCCC(C)(C)C2)s1. The molecule has 0 spiro atoms. The highest BCUT2D eigenvalue weighted by Gasteiger charge is 2.33. The summed E-state index contributed by atoms with van der Waals surface area (Å²) < 4.78 is 47.6. The van der Waals surface area contributed by atoms with Gasteiger partial charge in [0, 0.05) is 30.6 Å². The van der Waals surface area contributed by atoms with E-state index in [1.165, 1.54) is 37.0 Å². The van der Waals surface area contributed by atoms with E-state index < -0.39 is 6.36 Å². The fraction of sp³-hybridized carbons (Fsp3) is 0.550. The third kappa shape index (κ3) is 5.54. The molecule has 2 heterocycles. The van der Waals surface area contributed by atoms with Crippen LogP contribution < -0.4 is 14.8 Å². The van der Waals surface area contributed by atoms with E-state index in [2.05, 4.69) is 33.8 Å². The maximum Gasteiger partial charge on any atom is 0.573 e. The van der Waals surface area contributed by atoms with E-state index in [1.807, 2.05) is 0 Å². The number of piperidine rings is 1. The number of methoxy groups -OCH3 is 1. The Labute approximate surface area is 172 Å². The number of benzene rings is 1. The van der Waals surface area contributed by atoms with Crippen molar-refractivity contribution in [3.05, 3.63) is 23.1 Å². The average Bonchev–Trinajstić information content (AvgIpc) is 3.02. The third-order valence-corrected chi connectivity index (χ3v) is 5.98. The highest BCUT2D eigenvalue weighted by molar-refractivity contribution is 7.16. The quantitative estimate of drug-likeness (QED) is 0.668. The Morgan fingerprint density at radius 1 is 1.28 bits per heavy atom. The van der Waals surface area contributed by atoms with Gasteiger partial charge in [0.25, 0.3) is 0 Å². The Morgan fingerprint density at radius 3 is 2.66 bits per heavy atom. The van der Waals surface area contributed by atoms with E-state index in [1.54, 1.807) is 13.1 Å². The van der Waals surface area contributed by atoms with Crippen molar-refractivity contribution in [1.82, 2.24) is 9.88 Å². The molecule has 1 fully saturated rings. The maximum absolute atomic E-state index is 12.8. The Bertz CT molecular complexity index is 852. The lowest BCUT2D eigenvalue weighted by Crippen LogP contribution is -2.39. The summed E-state index contributed by atoms with van der Waals surface area (Å²) >= 11 is 1.52. The first-order valence-corrected chi connectivity index (χ1v) is 10.3. The van der Waals surface area contributed by atoms with Gasteiger partial charge in [-0.1, -0.05) is 13.8 Å². The molecule has 0 aliphatic carbocycles. The molecule has 2 aromatic rings. The first-order chi connectivity index (χ1) is 13.6. The molecule has 1 N–H and O–H groups in total. The third-order valence-electron chi connectivity index (χ3n) is 4.92. The molecule has 160 valence electrons. The number of nitrogens with zero attached hydrogens (tertiary/aromatic N) is 2. The van der Waals surface area contributed by atoms with Crippen LogP contribution in [0.25, 0.3) is 11.3 Å². The summed E-state index contributed by atoms with van der Waals surface area (Å²) in [6, 6.07) is 4.52. The summed E-state index contributed by atoms with van der Waals surface area (Å²) in [7, 11) is 3.09. The van der Waals surface area contributed by atoms with Crippen LogP contribution in [0, 0.1) is 5.41 Å². The fourth-order valence-electron chi connectivity index (χ4n) is 3.70. The average molecular weight is 430 g/mol. The molecular formula is C20H26F3N3O2S. The molecule has 1 aromatic carbocycles. The summed E-state index contributed by atoms with van der Waals surface area (Å²) in [4.78, 5) is 7.99. The summed E-state index contributed by atoms with van der Waals surface area (Å²) in [6.07, 6.45) is -2.48. The van der Waals surface area contributed by atoms with Crippen LogP contribution >= 0.6 is 11.3 Å². The van der Waals surface area contributed by atoms with Gasteiger partial charge < -0.3 is 14.8 Å². The number of thiazole rings is 1. The Morgan fingerprint density at radius 2 is 2.03 bits per heavy atom.